The van der Waals surface area contributed by atoms with Gasteiger partial charge < -0.3 is 4.43 Å². The quantitative estimate of drug-likeness (QED) is 0.465. The normalized spacial score (nSPS) is 28.0. The van der Waals surface area contributed by atoms with Crippen LogP contribution >= 0.6 is 15.9 Å². The van der Waals surface area contributed by atoms with Crippen molar-refractivity contribution in [1.29, 1.82) is 0 Å². The van der Waals surface area contributed by atoms with Gasteiger partial charge in [-0.15, -0.1) is 0 Å². The van der Waals surface area contributed by atoms with E-state index >= 15 is 0 Å². The molecular weight excluding hydrogens is 400 g/mol. The zero-order valence-corrected chi connectivity index (χ0v) is 18.6. The fourth-order valence-corrected chi connectivity index (χ4v) is 10.0. The molecule has 26 heavy (non-hydrogen) atoms. The third-order valence-corrected chi connectivity index (χ3v) is 12.3. The van der Waals surface area contributed by atoms with Crippen molar-refractivity contribution in [2.24, 2.45) is 17.8 Å². The molecule has 138 valence electrons. The minimum absolute atomic E-state index is 0.0810. The van der Waals surface area contributed by atoms with E-state index in [1.54, 1.807) is 0 Å². The number of hydrogen-bond acceptors (Lipinski definition) is 1. The zero-order chi connectivity index (χ0) is 18.4. The van der Waals surface area contributed by atoms with Crippen molar-refractivity contribution in [3.8, 4) is 0 Å². The molecule has 0 amide bonds. The first kappa shape index (κ1) is 18.5. The van der Waals surface area contributed by atoms with Gasteiger partial charge >= 0.3 is 0 Å². The van der Waals surface area contributed by atoms with E-state index < -0.39 is 8.32 Å². The lowest BCUT2D eigenvalue weighted by Gasteiger charge is -2.43. The third kappa shape index (κ3) is 3.34. The van der Waals surface area contributed by atoms with Crippen molar-refractivity contribution in [2.75, 3.05) is 6.61 Å². The van der Waals surface area contributed by atoms with E-state index in [4.69, 9.17) is 4.43 Å². The molecule has 0 N–H and O–H groups in total. The standard InChI is InChI=1S/C23H29BrOSi/c1-23(2,3)26(18-10-6-4-7-11-18,19-12-8-5-9-13-19)25-16-17-14-20(17)21-15-22(21)24/h4-13,17,20-22H,14-16H2,1-3H3/t17-,20+,21-,22-/m0/s1. The average molecular weight is 429 g/mol. The van der Waals surface area contributed by atoms with E-state index in [2.05, 4.69) is 97.4 Å². The highest BCUT2D eigenvalue weighted by Gasteiger charge is 2.55. The van der Waals surface area contributed by atoms with Gasteiger partial charge in [-0.25, -0.2) is 0 Å². The molecule has 4 atom stereocenters. The van der Waals surface area contributed by atoms with Gasteiger partial charge in [0.05, 0.1) is 0 Å². The van der Waals surface area contributed by atoms with Crippen LogP contribution in [-0.4, -0.2) is 19.8 Å². The maximum Gasteiger partial charge on any atom is 0.261 e. The summed E-state index contributed by atoms with van der Waals surface area (Å²) in [6, 6.07) is 22.0. The van der Waals surface area contributed by atoms with E-state index in [-0.39, 0.29) is 5.04 Å². The van der Waals surface area contributed by atoms with E-state index in [1.165, 1.54) is 23.2 Å². The Bertz CT molecular complexity index is 700. The van der Waals surface area contributed by atoms with Crippen molar-refractivity contribution < 1.29 is 4.43 Å². The van der Waals surface area contributed by atoms with Crippen molar-refractivity contribution in [3.63, 3.8) is 0 Å². The monoisotopic (exact) mass is 428 g/mol. The molecule has 0 radical (unpaired) electrons. The molecule has 2 aromatic carbocycles. The summed E-state index contributed by atoms with van der Waals surface area (Å²) in [5, 5.41) is 2.86. The van der Waals surface area contributed by atoms with Crippen LogP contribution in [0.4, 0.5) is 0 Å². The van der Waals surface area contributed by atoms with Gasteiger partial charge in [0.2, 0.25) is 0 Å². The van der Waals surface area contributed by atoms with E-state index in [9.17, 15) is 0 Å². The number of halogens is 1. The highest BCUT2D eigenvalue weighted by Crippen LogP contribution is 2.57. The van der Waals surface area contributed by atoms with E-state index in [0.717, 1.165) is 29.2 Å². The topological polar surface area (TPSA) is 9.23 Å². The molecule has 0 heterocycles. The highest BCUT2D eigenvalue weighted by atomic mass is 79.9. The van der Waals surface area contributed by atoms with Gasteiger partial charge in [0.1, 0.15) is 0 Å². The van der Waals surface area contributed by atoms with Crippen LogP contribution in [0, 0.1) is 17.8 Å². The number of hydrogen-bond donors (Lipinski definition) is 0. The summed E-state index contributed by atoms with van der Waals surface area (Å²) in [5.74, 6) is 2.55. The van der Waals surface area contributed by atoms with Crippen molar-refractivity contribution in [1.82, 2.24) is 0 Å². The molecule has 2 aliphatic rings. The minimum Gasteiger partial charge on any atom is -0.407 e. The molecule has 0 bridgehead atoms. The Balaban J connectivity index is 1.66. The summed E-state index contributed by atoms with van der Waals surface area (Å²) >= 11 is 3.78. The first-order chi connectivity index (χ1) is 12.4. The Morgan fingerprint density at radius 2 is 1.38 bits per heavy atom. The second-order valence-corrected chi connectivity index (χ2v) is 14.5. The number of benzene rings is 2. The summed E-state index contributed by atoms with van der Waals surface area (Å²) in [6.45, 7) is 7.99. The number of rotatable bonds is 6. The third-order valence-electron chi connectivity index (χ3n) is 6.22. The summed E-state index contributed by atoms with van der Waals surface area (Å²) < 4.78 is 7.06. The Morgan fingerprint density at radius 3 is 1.81 bits per heavy atom. The molecular formula is C23H29BrOSi. The fraction of sp³-hybridized carbons (Fsp3) is 0.478. The second-order valence-electron chi connectivity index (χ2n) is 9.05. The lowest BCUT2D eigenvalue weighted by molar-refractivity contribution is 0.271. The molecule has 1 nitrogen and oxygen atoms in total. The van der Waals surface area contributed by atoms with Gasteiger partial charge in [-0.1, -0.05) is 97.4 Å². The van der Waals surface area contributed by atoms with Gasteiger partial charge in [0.25, 0.3) is 8.32 Å². The van der Waals surface area contributed by atoms with Crippen LogP contribution in [0.15, 0.2) is 60.7 Å². The van der Waals surface area contributed by atoms with Crippen LogP contribution in [0.25, 0.3) is 0 Å². The first-order valence-electron chi connectivity index (χ1n) is 9.82. The van der Waals surface area contributed by atoms with Crippen LogP contribution in [-0.2, 0) is 4.43 Å². The first-order valence-corrected chi connectivity index (χ1v) is 12.6. The Hall–Kier alpha value is -0.903. The lowest BCUT2D eigenvalue weighted by Crippen LogP contribution is -2.66. The van der Waals surface area contributed by atoms with Gasteiger partial charge in [-0.2, -0.15) is 0 Å². The maximum atomic E-state index is 7.06. The molecule has 0 spiro atoms. The van der Waals surface area contributed by atoms with E-state index in [0.29, 0.717) is 0 Å². The average Bonchev–Trinajstić information content (AvgIpc) is 3.53. The molecule has 4 rings (SSSR count). The van der Waals surface area contributed by atoms with Crippen LogP contribution in [0.3, 0.4) is 0 Å². The van der Waals surface area contributed by atoms with Gasteiger partial charge in [0, 0.05) is 11.4 Å². The van der Waals surface area contributed by atoms with E-state index in [1.807, 2.05) is 0 Å². The molecule has 2 saturated carbocycles. The predicted molar refractivity (Wildman–Crippen MR) is 116 cm³/mol. The molecule has 2 aliphatic carbocycles. The fourth-order valence-electron chi connectivity index (χ4n) is 4.61. The molecule has 0 unspecified atom stereocenters. The highest BCUT2D eigenvalue weighted by molar-refractivity contribution is 9.09. The van der Waals surface area contributed by atoms with Crippen molar-refractivity contribution in [2.45, 2.75) is 43.5 Å². The summed E-state index contributed by atoms with van der Waals surface area (Å²) in [4.78, 5) is 0.769. The maximum absolute atomic E-state index is 7.06. The molecule has 0 saturated heterocycles. The van der Waals surface area contributed by atoms with Crippen LogP contribution in [0.5, 0.6) is 0 Å². The van der Waals surface area contributed by atoms with Gasteiger partial charge in [-0.05, 0) is 46.0 Å². The SMILES string of the molecule is CC(C)(C)[Si](OC[C@@H]1C[C@H]1[C@@H]1C[C@@H]1Br)(c1ccccc1)c1ccccc1. The summed E-state index contributed by atoms with van der Waals surface area (Å²) in [7, 11) is -2.34. The Labute approximate surface area is 167 Å². The van der Waals surface area contributed by atoms with Gasteiger partial charge in [0.15, 0.2) is 0 Å². The smallest absolute Gasteiger partial charge is 0.261 e. The van der Waals surface area contributed by atoms with Crippen molar-refractivity contribution in [3.05, 3.63) is 60.7 Å². The molecule has 0 aromatic heterocycles. The zero-order valence-electron chi connectivity index (χ0n) is 16.0. The summed E-state index contributed by atoms with van der Waals surface area (Å²) in [5.41, 5.74) is 0. The summed E-state index contributed by atoms with van der Waals surface area (Å²) in [6.07, 6.45) is 2.71. The second kappa shape index (κ2) is 6.92. The molecule has 0 aliphatic heterocycles. The largest absolute Gasteiger partial charge is 0.407 e. The minimum atomic E-state index is -2.34. The van der Waals surface area contributed by atoms with Crippen molar-refractivity contribution >= 4 is 34.6 Å². The van der Waals surface area contributed by atoms with Crippen LogP contribution in [0.2, 0.25) is 5.04 Å². The lowest BCUT2D eigenvalue weighted by atomic mass is 10.2. The Kier molecular flexibility index (Phi) is 4.91. The van der Waals surface area contributed by atoms with Crippen LogP contribution in [0.1, 0.15) is 33.6 Å². The Morgan fingerprint density at radius 1 is 0.885 bits per heavy atom. The molecule has 2 aromatic rings. The molecule has 3 heteroatoms. The molecule has 2 fully saturated rings. The van der Waals surface area contributed by atoms with Gasteiger partial charge in [-0.3, -0.25) is 0 Å². The predicted octanol–water partition coefficient (Wildman–Crippen LogP) is 4.98. The van der Waals surface area contributed by atoms with Crippen LogP contribution < -0.4 is 10.4 Å². The number of alkyl halides is 1.